The summed E-state index contributed by atoms with van der Waals surface area (Å²) in [7, 11) is 0. The van der Waals surface area contributed by atoms with Crippen molar-refractivity contribution >= 4 is 6.08 Å². The SMILES string of the molecule is Cc1c(O)cc2c(c1C)[C@H]1CC[C@]3(C)C(O)CC[C@H]3[C@@H]1C=C2. The molecule has 1 unspecified atom stereocenters. The highest BCUT2D eigenvalue weighted by Gasteiger charge is 2.53. The molecule has 2 heteroatoms. The molecule has 0 bridgehead atoms. The average molecular weight is 298 g/mol. The molecule has 22 heavy (non-hydrogen) atoms. The topological polar surface area (TPSA) is 40.5 Å². The van der Waals surface area contributed by atoms with Crippen LogP contribution in [0.25, 0.3) is 6.08 Å². The molecule has 0 amide bonds. The Labute approximate surface area is 132 Å². The summed E-state index contributed by atoms with van der Waals surface area (Å²) in [4.78, 5) is 0. The first-order valence-electron chi connectivity index (χ1n) is 8.63. The smallest absolute Gasteiger partial charge is 0.119 e. The van der Waals surface area contributed by atoms with Crippen molar-refractivity contribution in [2.24, 2.45) is 17.3 Å². The number of aliphatic hydroxyl groups excluding tert-OH is 1. The zero-order valence-electron chi connectivity index (χ0n) is 13.8. The Balaban J connectivity index is 1.81. The van der Waals surface area contributed by atoms with E-state index in [0.29, 0.717) is 23.5 Å². The molecule has 0 radical (unpaired) electrons. The van der Waals surface area contributed by atoms with E-state index < -0.39 is 0 Å². The number of benzene rings is 1. The van der Waals surface area contributed by atoms with E-state index in [1.807, 2.05) is 13.0 Å². The van der Waals surface area contributed by atoms with Crippen molar-refractivity contribution in [2.45, 2.75) is 58.5 Å². The Kier molecular flexibility index (Phi) is 3.00. The van der Waals surface area contributed by atoms with Gasteiger partial charge in [-0.1, -0.05) is 19.1 Å². The molecule has 5 atom stereocenters. The molecule has 1 aromatic rings. The van der Waals surface area contributed by atoms with Gasteiger partial charge in [0.05, 0.1) is 6.10 Å². The summed E-state index contributed by atoms with van der Waals surface area (Å²) < 4.78 is 0. The fraction of sp³-hybridized carbons (Fsp3) is 0.600. The summed E-state index contributed by atoms with van der Waals surface area (Å²) in [6, 6.07) is 1.93. The van der Waals surface area contributed by atoms with Crippen LogP contribution >= 0.6 is 0 Å². The summed E-state index contributed by atoms with van der Waals surface area (Å²) in [5.41, 5.74) is 5.03. The van der Waals surface area contributed by atoms with Crippen molar-refractivity contribution in [2.75, 3.05) is 0 Å². The Morgan fingerprint density at radius 3 is 2.68 bits per heavy atom. The fourth-order valence-electron chi connectivity index (χ4n) is 5.56. The van der Waals surface area contributed by atoms with Gasteiger partial charge in [0.15, 0.2) is 0 Å². The fourth-order valence-corrected chi connectivity index (χ4v) is 5.56. The van der Waals surface area contributed by atoms with Crippen molar-refractivity contribution < 1.29 is 10.2 Å². The number of hydrogen-bond acceptors (Lipinski definition) is 2. The molecule has 118 valence electrons. The van der Waals surface area contributed by atoms with Crippen molar-refractivity contribution in [1.82, 2.24) is 0 Å². The van der Waals surface area contributed by atoms with Gasteiger partial charge < -0.3 is 10.2 Å². The predicted molar refractivity (Wildman–Crippen MR) is 88.9 cm³/mol. The van der Waals surface area contributed by atoms with Gasteiger partial charge in [0.1, 0.15) is 5.75 Å². The summed E-state index contributed by atoms with van der Waals surface area (Å²) in [6.45, 7) is 6.47. The first kappa shape index (κ1) is 14.3. The van der Waals surface area contributed by atoms with Crippen molar-refractivity contribution in [3.63, 3.8) is 0 Å². The summed E-state index contributed by atoms with van der Waals surface area (Å²) in [5, 5.41) is 20.6. The molecular weight excluding hydrogens is 272 g/mol. The standard InChI is InChI=1S/C20H26O2/c1-11-12(2)19-13(10-17(11)21)4-5-14-15(19)8-9-20(3)16(14)6-7-18(20)22/h4-5,10,14-16,18,21-22H,6-9H2,1-3H3/t14-,15+,16+,18?,20+/m1/s1. The molecule has 0 spiro atoms. The Morgan fingerprint density at radius 2 is 1.91 bits per heavy atom. The van der Waals surface area contributed by atoms with Gasteiger partial charge in [0.25, 0.3) is 0 Å². The monoisotopic (exact) mass is 298 g/mol. The maximum Gasteiger partial charge on any atom is 0.119 e. The third-order valence-corrected chi connectivity index (χ3v) is 7.11. The molecule has 3 aliphatic rings. The van der Waals surface area contributed by atoms with E-state index in [1.165, 1.54) is 16.7 Å². The normalized spacial score (nSPS) is 39.3. The molecule has 2 N–H and O–H groups in total. The van der Waals surface area contributed by atoms with Gasteiger partial charge in [-0.3, -0.25) is 0 Å². The van der Waals surface area contributed by atoms with Gasteiger partial charge in [-0.25, -0.2) is 0 Å². The van der Waals surface area contributed by atoms with Gasteiger partial charge in [0.2, 0.25) is 0 Å². The molecule has 0 aliphatic heterocycles. The zero-order valence-corrected chi connectivity index (χ0v) is 13.8. The van der Waals surface area contributed by atoms with Gasteiger partial charge in [0, 0.05) is 0 Å². The quantitative estimate of drug-likeness (QED) is 0.749. The van der Waals surface area contributed by atoms with Crippen molar-refractivity contribution in [3.8, 4) is 5.75 Å². The summed E-state index contributed by atoms with van der Waals surface area (Å²) in [6.07, 6.45) is 8.81. The highest BCUT2D eigenvalue weighted by molar-refractivity contribution is 5.65. The zero-order chi connectivity index (χ0) is 15.6. The van der Waals surface area contributed by atoms with E-state index in [0.717, 1.165) is 31.2 Å². The number of aromatic hydroxyl groups is 1. The van der Waals surface area contributed by atoms with Crippen molar-refractivity contribution in [1.29, 1.82) is 0 Å². The molecule has 0 aromatic heterocycles. The summed E-state index contributed by atoms with van der Waals surface area (Å²) >= 11 is 0. The van der Waals surface area contributed by atoms with E-state index in [-0.39, 0.29) is 11.5 Å². The maximum absolute atomic E-state index is 10.4. The number of aliphatic hydroxyl groups is 1. The number of phenolic OH excluding ortho intramolecular Hbond substituents is 1. The molecular formula is C20H26O2. The van der Waals surface area contributed by atoms with Crippen LogP contribution in [0.2, 0.25) is 0 Å². The minimum Gasteiger partial charge on any atom is -0.508 e. The largest absolute Gasteiger partial charge is 0.508 e. The van der Waals surface area contributed by atoms with Crippen LogP contribution in [0.5, 0.6) is 5.75 Å². The molecule has 2 fully saturated rings. The van der Waals surface area contributed by atoms with E-state index in [4.69, 9.17) is 0 Å². The number of fused-ring (bicyclic) bond motifs is 5. The van der Waals surface area contributed by atoms with Gasteiger partial charge >= 0.3 is 0 Å². The first-order valence-corrected chi connectivity index (χ1v) is 8.63. The van der Waals surface area contributed by atoms with Crippen LogP contribution in [0, 0.1) is 31.1 Å². The number of rotatable bonds is 0. The molecule has 2 nitrogen and oxygen atoms in total. The highest BCUT2D eigenvalue weighted by atomic mass is 16.3. The average Bonchev–Trinajstić information content (AvgIpc) is 2.80. The number of hydrogen-bond donors (Lipinski definition) is 2. The lowest BCUT2D eigenvalue weighted by molar-refractivity contribution is -0.00804. The van der Waals surface area contributed by atoms with E-state index in [2.05, 4.69) is 26.0 Å². The number of allylic oxidation sites excluding steroid dienone is 1. The van der Waals surface area contributed by atoms with Crippen LogP contribution in [0.1, 0.15) is 60.8 Å². The molecule has 4 rings (SSSR count). The molecule has 3 aliphatic carbocycles. The van der Waals surface area contributed by atoms with Gasteiger partial charge in [-0.2, -0.15) is 0 Å². The van der Waals surface area contributed by atoms with Gasteiger partial charge in [-0.05, 0) is 91.0 Å². The maximum atomic E-state index is 10.4. The predicted octanol–water partition coefficient (Wildman–Crippen LogP) is 4.31. The lowest BCUT2D eigenvalue weighted by Gasteiger charge is -2.48. The van der Waals surface area contributed by atoms with Crippen molar-refractivity contribution in [3.05, 3.63) is 34.4 Å². The second-order valence-electron chi connectivity index (χ2n) is 7.94. The number of phenols is 1. The Morgan fingerprint density at radius 1 is 1.14 bits per heavy atom. The lowest BCUT2D eigenvalue weighted by atomic mass is 9.56. The van der Waals surface area contributed by atoms with E-state index in [9.17, 15) is 10.2 Å². The van der Waals surface area contributed by atoms with Crippen LogP contribution in [0.15, 0.2) is 12.1 Å². The minimum atomic E-state index is -0.129. The highest BCUT2D eigenvalue weighted by Crippen LogP contribution is 2.60. The van der Waals surface area contributed by atoms with Crippen LogP contribution < -0.4 is 0 Å². The molecule has 0 saturated heterocycles. The second-order valence-corrected chi connectivity index (χ2v) is 7.94. The first-order chi connectivity index (χ1) is 10.4. The van der Waals surface area contributed by atoms with Crippen LogP contribution in [-0.2, 0) is 0 Å². The Bertz CT molecular complexity index is 660. The van der Waals surface area contributed by atoms with Crippen LogP contribution in [0.4, 0.5) is 0 Å². The lowest BCUT2D eigenvalue weighted by Crippen LogP contribution is -2.42. The van der Waals surface area contributed by atoms with Gasteiger partial charge in [-0.15, -0.1) is 0 Å². The van der Waals surface area contributed by atoms with Crippen LogP contribution in [-0.4, -0.2) is 16.3 Å². The second kappa shape index (κ2) is 4.61. The van der Waals surface area contributed by atoms with Crippen LogP contribution in [0.3, 0.4) is 0 Å². The minimum absolute atomic E-state index is 0.100. The third kappa shape index (κ3) is 1.70. The molecule has 2 saturated carbocycles. The Hall–Kier alpha value is -1.28. The third-order valence-electron chi connectivity index (χ3n) is 7.11. The van der Waals surface area contributed by atoms with E-state index in [1.54, 1.807) is 0 Å². The molecule has 1 aromatic carbocycles. The summed E-state index contributed by atoms with van der Waals surface area (Å²) in [5.74, 6) is 2.11. The van der Waals surface area contributed by atoms with E-state index >= 15 is 0 Å². The molecule has 0 heterocycles.